The van der Waals surface area contributed by atoms with Gasteiger partial charge in [0.05, 0.1) is 5.52 Å². The highest BCUT2D eigenvalue weighted by Crippen LogP contribution is 2.13. The number of hydrogen-bond donors (Lipinski definition) is 0. The van der Waals surface area contributed by atoms with Crippen LogP contribution < -0.4 is 0 Å². The van der Waals surface area contributed by atoms with E-state index in [-0.39, 0.29) is 0 Å². The standard InChI is InChI=1S/C11H11N.2C2H6/c1-8-3-6-11-10(7-8)5-4-9(2)12-11;2*1-2/h3-7H,1-2H3;2*1-2H3. The number of fused-ring (bicyclic) bond motifs is 1. The first-order valence-electron chi connectivity index (χ1n) is 6.10. The average Bonchev–Trinajstić information content (AvgIpc) is 2.35. The first-order valence-corrected chi connectivity index (χ1v) is 6.10. The zero-order chi connectivity index (χ0) is 12.6. The molecule has 0 amide bonds. The molecule has 0 aliphatic carbocycles. The Bertz CT molecular complexity index is 377. The molecule has 2 rings (SSSR count). The summed E-state index contributed by atoms with van der Waals surface area (Å²) in [7, 11) is 0. The van der Waals surface area contributed by atoms with Crippen LogP contribution in [0.2, 0.25) is 0 Å². The molecule has 0 aliphatic heterocycles. The van der Waals surface area contributed by atoms with Gasteiger partial charge in [-0.25, -0.2) is 0 Å². The van der Waals surface area contributed by atoms with E-state index >= 15 is 0 Å². The Morgan fingerprint density at radius 1 is 0.812 bits per heavy atom. The quantitative estimate of drug-likeness (QED) is 0.611. The predicted octanol–water partition coefficient (Wildman–Crippen LogP) is 4.90. The Hall–Kier alpha value is -1.37. The van der Waals surface area contributed by atoms with E-state index in [4.69, 9.17) is 0 Å². The van der Waals surface area contributed by atoms with Gasteiger partial charge in [0.1, 0.15) is 0 Å². The molecule has 0 saturated heterocycles. The lowest BCUT2D eigenvalue weighted by Gasteiger charge is -1.99. The fourth-order valence-corrected chi connectivity index (χ4v) is 1.35. The van der Waals surface area contributed by atoms with Gasteiger partial charge >= 0.3 is 0 Å². The minimum Gasteiger partial charge on any atom is -0.253 e. The summed E-state index contributed by atoms with van der Waals surface area (Å²) in [6.07, 6.45) is 0. The molecule has 2 aromatic rings. The van der Waals surface area contributed by atoms with E-state index in [0.29, 0.717) is 0 Å². The van der Waals surface area contributed by atoms with Crippen molar-refractivity contribution in [3.05, 3.63) is 41.6 Å². The Morgan fingerprint density at radius 2 is 1.44 bits per heavy atom. The molecule has 16 heavy (non-hydrogen) atoms. The van der Waals surface area contributed by atoms with Gasteiger partial charge in [0, 0.05) is 11.1 Å². The zero-order valence-corrected chi connectivity index (χ0v) is 11.3. The molecule has 0 atom stereocenters. The number of pyridine rings is 1. The lowest BCUT2D eigenvalue weighted by atomic mass is 10.1. The van der Waals surface area contributed by atoms with Crippen LogP contribution in [0.1, 0.15) is 39.0 Å². The van der Waals surface area contributed by atoms with Gasteiger partial charge < -0.3 is 0 Å². The molecule has 1 aromatic heterocycles. The molecule has 88 valence electrons. The molecule has 0 saturated carbocycles. The molecule has 1 heterocycles. The maximum Gasteiger partial charge on any atom is 0.0705 e. The summed E-state index contributed by atoms with van der Waals surface area (Å²) in [5.74, 6) is 0. The first-order chi connectivity index (χ1) is 7.75. The topological polar surface area (TPSA) is 12.9 Å². The zero-order valence-electron chi connectivity index (χ0n) is 11.3. The maximum atomic E-state index is 4.42. The molecule has 0 spiro atoms. The van der Waals surface area contributed by atoms with Crippen LogP contribution in [0, 0.1) is 13.8 Å². The van der Waals surface area contributed by atoms with Gasteiger partial charge in [0.15, 0.2) is 0 Å². The summed E-state index contributed by atoms with van der Waals surface area (Å²) >= 11 is 0. The molecule has 1 nitrogen and oxygen atoms in total. The summed E-state index contributed by atoms with van der Waals surface area (Å²) < 4.78 is 0. The van der Waals surface area contributed by atoms with Crippen molar-refractivity contribution in [2.24, 2.45) is 0 Å². The molecular weight excluding hydrogens is 194 g/mol. The third kappa shape index (κ3) is 4.01. The van der Waals surface area contributed by atoms with E-state index in [1.54, 1.807) is 0 Å². The smallest absolute Gasteiger partial charge is 0.0705 e. The number of hydrogen-bond acceptors (Lipinski definition) is 1. The van der Waals surface area contributed by atoms with Crippen molar-refractivity contribution in [3.8, 4) is 0 Å². The Kier molecular flexibility index (Phi) is 7.19. The van der Waals surface area contributed by atoms with E-state index in [1.165, 1.54) is 10.9 Å². The minimum absolute atomic E-state index is 1.08. The monoisotopic (exact) mass is 217 g/mol. The van der Waals surface area contributed by atoms with Crippen LogP contribution in [0.4, 0.5) is 0 Å². The predicted molar refractivity (Wildman–Crippen MR) is 73.9 cm³/mol. The van der Waals surface area contributed by atoms with Crippen LogP contribution >= 0.6 is 0 Å². The summed E-state index contributed by atoms with van der Waals surface area (Å²) in [6.45, 7) is 12.1. The molecule has 0 N–H and O–H groups in total. The average molecular weight is 217 g/mol. The molecule has 0 aliphatic rings. The summed E-state index contributed by atoms with van der Waals surface area (Å²) in [5, 5.41) is 1.22. The Balaban J connectivity index is 0.000000509. The van der Waals surface area contributed by atoms with Crippen molar-refractivity contribution in [2.45, 2.75) is 41.5 Å². The summed E-state index contributed by atoms with van der Waals surface area (Å²) in [4.78, 5) is 4.42. The van der Waals surface area contributed by atoms with Crippen molar-refractivity contribution >= 4 is 10.9 Å². The summed E-state index contributed by atoms with van der Waals surface area (Å²) in [6, 6.07) is 10.5. The molecule has 0 unspecified atom stereocenters. The summed E-state index contributed by atoms with van der Waals surface area (Å²) in [5.41, 5.74) is 3.44. The van der Waals surface area contributed by atoms with Gasteiger partial charge in [0.25, 0.3) is 0 Å². The fourth-order valence-electron chi connectivity index (χ4n) is 1.35. The minimum atomic E-state index is 1.08. The van der Waals surface area contributed by atoms with Gasteiger partial charge in [-0.15, -0.1) is 0 Å². The van der Waals surface area contributed by atoms with Crippen molar-refractivity contribution < 1.29 is 0 Å². The van der Waals surface area contributed by atoms with Gasteiger partial charge in [-0.2, -0.15) is 0 Å². The van der Waals surface area contributed by atoms with Crippen LogP contribution in [0.3, 0.4) is 0 Å². The number of rotatable bonds is 0. The largest absolute Gasteiger partial charge is 0.253 e. The fraction of sp³-hybridized carbons (Fsp3) is 0.400. The molecule has 1 aromatic carbocycles. The third-order valence-corrected chi connectivity index (χ3v) is 1.98. The highest BCUT2D eigenvalue weighted by Gasteiger charge is 1.94. The van der Waals surface area contributed by atoms with Crippen molar-refractivity contribution in [3.63, 3.8) is 0 Å². The van der Waals surface area contributed by atoms with E-state index < -0.39 is 0 Å². The first kappa shape index (κ1) is 14.6. The third-order valence-electron chi connectivity index (χ3n) is 1.98. The van der Waals surface area contributed by atoms with Crippen LogP contribution in [0.15, 0.2) is 30.3 Å². The van der Waals surface area contributed by atoms with Crippen molar-refractivity contribution in [1.29, 1.82) is 0 Å². The van der Waals surface area contributed by atoms with E-state index in [0.717, 1.165) is 11.2 Å². The number of benzene rings is 1. The van der Waals surface area contributed by atoms with E-state index in [9.17, 15) is 0 Å². The van der Waals surface area contributed by atoms with Crippen LogP contribution in [0.5, 0.6) is 0 Å². The van der Waals surface area contributed by atoms with Crippen LogP contribution in [0.25, 0.3) is 10.9 Å². The SMILES string of the molecule is CC.CC.Cc1ccc2nc(C)ccc2c1. The number of nitrogens with zero attached hydrogens (tertiary/aromatic N) is 1. The number of aryl methyl sites for hydroxylation is 2. The highest BCUT2D eigenvalue weighted by atomic mass is 14.7. The van der Waals surface area contributed by atoms with Crippen molar-refractivity contribution in [2.75, 3.05) is 0 Å². The second-order valence-electron chi connectivity index (χ2n) is 3.15. The highest BCUT2D eigenvalue weighted by molar-refractivity contribution is 5.79. The molecule has 1 heteroatoms. The van der Waals surface area contributed by atoms with Crippen LogP contribution in [-0.2, 0) is 0 Å². The molecule has 0 radical (unpaired) electrons. The molecule has 0 bridgehead atoms. The van der Waals surface area contributed by atoms with Gasteiger partial charge in [-0.05, 0) is 32.0 Å². The number of aromatic nitrogens is 1. The second kappa shape index (κ2) is 7.86. The Labute approximate surface area is 99.5 Å². The van der Waals surface area contributed by atoms with E-state index in [1.807, 2.05) is 40.7 Å². The van der Waals surface area contributed by atoms with Gasteiger partial charge in [-0.3, -0.25) is 4.98 Å². The second-order valence-corrected chi connectivity index (χ2v) is 3.15. The van der Waals surface area contributed by atoms with Crippen molar-refractivity contribution in [1.82, 2.24) is 4.98 Å². The lowest BCUT2D eigenvalue weighted by molar-refractivity contribution is 1.25. The normalized spacial score (nSPS) is 8.62. The van der Waals surface area contributed by atoms with E-state index in [2.05, 4.69) is 36.2 Å². The maximum absolute atomic E-state index is 4.42. The van der Waals surface area contributed by atoms with Gasteiger partial charge in [-0.1, -0.05) is 45.4 Å². The van der Waals surface area contributed by atoms with Crippen LogP contribution in [-0.4, -0.2) is 4.98 Å². The van der Waals surface area contributed by atoms with Gasteiger partial charge in [0.2, 0.25) is 0 Å². The Morgan fingerprint density at radius 3 is 2.06 bits per heavy atom. The lowest BCUT2D eigenvalue weighted by Crippen LogP contribution is -1.82. The molecule has 0 fully saturated rings. The molecular formula is C15H23N.